The predicted molar refractivity (Wildman–Crippen MR) is 72.3 cm³/mol. The van der Waals surface area contributed by atoms with Crippen LogP contribution < -0.4 is 34.8 Å². The number of nitrogens with zero attached hydrogens (tertiary/aromatic N) is 1. The van der Waals surface area contributed by atoms with Crippen LogP contribution >= 0.6 is 0 Å². The van der Waals surface area contributed by atoms with Crippen molar-refractivity contribution in [3.63, 3.8) is 0 Å². The number of aromatic hydroxyl groups is 1. The van der Waals surface area contributed by atoms with Gasteiger partial charge < -0.3 is 49.6 Å². The summed E-state index contributed by atoms with van der Waals surface area (Å²) in [4.78, 5) is 10.5. The molecule has 1 aromatic rings. The minimum absolute atomic E-state index is 0. The molecule has 5 nitrogen and oxygen atoms in total. The Morgan fingerprint density at radius 2 is 1.80 bits per heavy atom. The molecule has 20 heavy (non-hydrogen) atoms. The predicted octanol–water partition coefficient (Wildman–Crippen LogP) is -2.46. The molecule has 116 valence electrons. The number of amides is 1. The van der Waals surface area contributed by atoms with Gasteiger partial charge in [-0.3, -0.25) is 0 Å². The van der Waals surface area contributed by atoms with Gasteiger partial charge in [-0.1, -0.05) is 26.0 Å². The van der Waals surface area contributed by atoms with E-state index in [0.717, 1.165) is 23.3 Å². The van der Waals surface area contributed by atoms with Crippen molar-refractivity contribution >= 4 is 6.09 Å². The maximum absolute atomic E-state index is 9.51. The van der Waals surface area contributed by atoms with Gasteiger partial charge >= 0.3 is 0 Å². The number of phenolic OH excluding ortho intramolecular Hbond substituents is 1. The van der Waals surface area contributed by atoms with E-state index in [1.165, 1.54) is 14.1 Å². The number of rotatable bonds is 3. The van der Waals surface area contributed by atoms with Crippen molar-refractivity contribution in [1.82, 2.24) is 4.90 Å². The van der Waals surface area contributed by atoms with E-state index in [1.54, 1.807) is 12.1 Å². The molecule has 0 saturated carbocycles. The van der Waals surface area contributed by atoms with Gasteiger partial charge in [0, 0.05) is 32.5 Å². The van der Waals surface area contributed by atoms with Crippen LogP contribution in [0.25, 0.3) is 0 Å². The van der Waals surface area contributed by atoms with Gasteiger partial charge in [0.25, 0.3) is 0 Å². The lowest BCUT2D eigenvalue weighted by atomic mass is 9.86. The highest BCUT2D eigenvalue weighted by Gasteiger charge is 2.27. The van der Waals surface area contributed by atoms with Gasteiger partial charge in [-0.15, -0.1) is 0 Å². The number of benzene rings is 1. The Labute approximate surface area is 137 Å². The lowest BCUT2D eigenvalue weighted by Crippen LogP contribution is -3.00. The lowest BCUT2D eigenvalue weighted by molar-refractivity contribution is -0.490. The molecule has 0 aliphatic heterocycles. The van der Waals surface area contributed by atoms with Crippen LogP contribution in [-0.4, -0.2) is 30.2 Å². The summed E-state index contributed by atoms with van der Waals surface area (Å²) in [6, 6.07) is 7.39. The molecule has 0 aromatic heterocycles. The Balaban J connectivity index is 0. The normalized spacial score (nSPS) is 9.85. The van der Waals surface area contributed by atoms with Crippen molar-refractivity contribution in [3.8, 4) is 5.75 Å². The number of quaternary nitrogens is 1. The SMILES string of the molecule is CCC([NH3+])(CC)c1cccc(O)c1.CN(C)C(=O)[O-].[I-]. The second kappa shape index (κ2) is 9.82. The topological polar surface area (TPSA) is 91.2 Å². The largest absolute Gasteiger partial charge is 1.00 e. The van der Waals surface area contributed by atoms with Gasteiger partial charge in [-0.05, 0) is 12.1 Å². The van der Waals surface area contributed by atoms with E-state index >= 15 is 0 Å². The number of hydrogen-bond acceptors (Lipinski definition) is 3. The molecule has 1 rings (SSSR count). The van der Waals surface area contributed by atoms with Crippen LogP contribution in [0.15, 0.2) is 24.3 Å². The zero-order chi connectivity index (χ0) is 15.1. The molecule has 1 aromatic carbocycles. The fourth-order valence-corrected chi connectivity index (χ4v) is 1.49. The summed E-state index contributed by atoms with van der Waals surface area (Å²) < 4.78 is 0. The Bertz CT molecular complexity index is 407. The van der Waals surface area contributed by atoms with Crippen LogP contribution in [-0.2, 0) is 5.54 Å². The number of hydrogen-bond donors (Lipinski definition) is 2. The summed E-state index contributed by atoms with van der Waals surface area (Å²) in [6.45, 7) is 4.25. The molecule has 0 atom stereocenters. The molecule has 0 fully saturated rings. The Morgan fingerprint density at radius 3 is 2.10 bits per heavy atom. The number of carbonyl (C=O) groups is 1. The first kappa shape index (κ1) is 21.3. The molecule has 0 spiro atoms. The van der Waals surface area contributed by atoms with Gasteiger partial charge in [-0.25, -0.2) is 0 Å². The number of halogens is 1. The Hall–Kier alpha value is -1.02. The molecule has 0 radical (unpaired) electrons. The highest BCUT2D eigenvalue weighted by Crippen LogP contribution is 2.25. The lowest BCUT2D eigenvalue weighted by Gasteiger charge is -2.23. The van der Waals surface area contributed by atoms with Gasteiger partial charge in [-0.2, -0.15) is 0 Å². The van der Waals surface area contributed by atoms with Crippen LogP contribution in [0.3, 0.4) is 0 Å². The average molecular weight is 395 g/mol. The van der Waals surface area contributed by atoms with Crippen molar-refractivity contribution in [2.75, 3.05) is 14.1 Å². The van der Waals surface area contributed by atoms with E-state index in [1.807, 2.05) is 12.1 Å². The summed E-state index contributed by atoms with van der Waals surface area (Å²) in [5.74, 6) is 0.326. The summed E-state index contributed by atoms with van der Waals surface area (Å²) in [7, 11) is 2.82. The maximum atomic E-state index is 9.51. The molecule has 0 bridgehead atoms. The summed E-state index contributed by atoms with van der Waals surface area (Å²) in [5.41, 5.74) is 5.29. The van der Waals surface area contributed by atoms with E-state index in [9.17, 15) is 15.0 Å². The third-order valence-corrected chi connectivity index (χ3v) is 3.18. The van der Waals surface area contributed by atoms with E-state index in [2.05, 4.69) is 19.6 Å². The number of carboxylic acid groups (broad SMARTS) is 1. The maximum Gasteiger partial charge on any atom is 0.136 e. The van der Waals surface area contributed by atoms with Crippen LogP contribution in [0, 0.1) is 0 Å². The molecular formula is C14H24IN2O3-. The molecule has 0 aliphatic rings. The van der Waals surface area contributed by atoms with E-state index < -0.39 is 6.09 Å². The standard InChI is InChI=1S/C11H17NO.C3H7NO2.HI/c1-3-11(12,4-2)9-6-5-7-10(13)8-9;1-4(2)3(5)6;/h5-8,13H,3-4,12H2,1-2H3;1-2H3,(H,5,6);1H/p-1. The number of carbonyl (C=O) groups excluding carboxylic acids is 1. The van der Waals surface area contributed by atoms with Crippen molar-refractivity contribution in [2.45, 2.75) is 32.2 Å². The van der Waals surface area contributed by atoms with Crippen LogP contribution in [0.2, 0.25) is 0 Å². The van der Waals surface area contributed by atoms with Gasteiger partial charge in [0.1, 0.15) is 17.4 Å². The quantitative estimate of drug-likeness (QED) is 0.557. The first-order chi connectivity index (χ1) is 8.76. The summed E-state index contributed by atoms with van der Waals surface area (Å²) >= 11 is 0. The van der Waals surface area contributed by atoms with Gasteiger partial charge in [0.15, 0.2) is 0 Å². The highest BCUT2D eigenvalue weighted by atomic mass is 127. The summed E-state index contributed by atoms with van der Waals surface area (Å²) in [6.07, 6.45) is 0.829. The summed E-state index contributed by atoms with van der Waals surface area (Å²) in [5, 5.41) is 18.9. The second-order valence-electron chi connectivity index (χ2n) is 4.70. The third-order valence-electron chi connectivity index (χ3n) is 3.18. The average Bonchev–Trinajstić information content (AvgIpc) is 2.38. The zero-order valence-corrected chi connectivity index (χ0v) is 14.7. The van der Waals surface area contributed by atoms with Crippen molar-refractivity contribution < 1.29 is 44.7 Å². The fraction of sp³-hybridized carbons (Fsp3) is 0.500. The van der Waals surface area contributed by atoms with E-state index in [-0.39, 0.29) is 29.5 Å². The molecule has 6 heteroatoms. The first-order valence-corrected chi connectivity index (χ1v) is 6.30. The Morgan fingerprint density at radius 1 is 1.35 bits per heavy atom. The van der Waals surface area contributed by atoms with Crippen LogP contribution in [0.1, 0.15) is 32.3 Å². The number of phenols is 1. The van der Waals surface area contributed by atoms with E-state index in [0.29, 0.717) is 5.75 Å². The third kappa shape index (κ3) is 6.95. The van der Waals surface area contributed by atoms with Crippen LogP contribution in [0.5, 0.6) is 5.75 Å². The van der Waals surface area contributed by atoms with E-state index in [4.69, 9.17) is 0 Å². The fourth-order valence-electron chi connectivity index (χ4n) is 1.49. The van der Waals surface area contributed by atoms with Crippen molar-refractivity contribution in [1.29, 1.82) is 0 Å². The molecule has 0 heterocycles. The smallest absolute Gasteiger partial charge is 0.136 e. The van der Waals surface area contributed by atoms with Gasteiger partial charge in [0.05, 0.1) is 0 Å². The van der Waals surface area contributed by atoms with Crippen molar-refractivity contribution in [2.24, 2.45) is 0 Å². The molecule has 0 aliphatic carbocycles. The molecule has 0 saturated heterocycles. The van der Waals surface area contributed by atoms with Crippen LogP contribution in [0.4, 0.5) is 4.79 Å². The zero-order valence-electron chi connectivity index (χ0n) is 12.5. The highest BCUT2D eigenvalue weighted by molar-refractivity contribution is 5.61. The minimum atomic E-state index is -1.16. The van der Waals surface area contributed by atoms with Crippen molar-refractivity contribution in [3.05, 3.63) is 29.8 Å². The monoisotopic (exact) mass is 395 g/mol. The van der Waals surface area contributed by atoms with Gasteiger partial charge in [0.2, 0.25) is 0 Å². The minimum Gasteiger partial charge on any atom is -1.00 e. The molecule has 0 unspecified atom stereocenters. The second-order valence-corrected chi connectivity index (χ2v) is 4.70. The first-order valence-electron chi connectivity index (χ1n) is 6.30. The molecular weight excluding hydrogens is 371 g/mol. The molecule has 4 N–H and O–H groups in total. The Kier molecular flexibility index (Phi) is 10.4. The molecule has 1 amide bonds.